The average molecular weight is 1140 g/mol. The van der Waals surface area contributed by atoms with E-state index >= 15 is 0 Å². The van der Waals surface area contributed by atoms with Crippen LogP contribution in [-0.4, -0.2) is 93.0 Å². The molecule has 1 aromatic rings. The van der Waals surface area contributed by atoms with Crippen molar-refractivity contribution in [2.75, 3.05) is 27.7 Å². The van der Waals surface area contributed by atoms with Gasteiger partial charge in [0.1, 0.15) is 47.3 Å². The molecule has 0 saturated carbocycles. The van der Waals surface area contributed by atoms with Gasteiger partial charge in [-0.05, 0) is 77.0 Å². The molecule has 11 nitrogen and oxygen atoms in total. The van der Waals surface area contributed by atoms with Crippen LogP contribution in [0.15, 0.2) is 54.8 Å². The topological polar surface area (TPSA) is 171 Å². The van der Waals surface area contributed by atoms with E-state index in [4.69, 9.17) is 0 Å². The van der Waals surface area contributed by atoms with Gasteiger partial charge in [-0.1, -0.05) is 201 Å². The average Bonchev–Trinajstić information content (AvgIpc) is 3.27. The van der Waals surface area contributed by atoms with Crippen LogP contribution >= 0.6 is 0 Å². The van der Waals surface area contributed by atoms with Crippen LogP contribution in [0.3, 0.4) is 0 Å². The number of likely N-dealkylation sites (N-methyl/N-ethyl adjacent to an activating group) is 1. The lowest BCUT2D eigenvalue weighted by molar-refractivity contribution is -0.873. The highest BCUT2D eigenvalue weighted by molar-refractivity contribution is 5.86. The number of aliphatic hydroxyl groups excluding tert-OH is 2. The fourth-order valence-corrected chi connectivity index (χ4v) is 7.10. The van der Waals surface area contributed by atoms with E-state index in [-0.39, 0.29) is 68.5 Å². The van der Waals surface area contributed by atoms with Gasteiger partial charge in [-0.3, -0.25) is 29.0 Å². The summed E-state index contributed by atoms with van der Waals surface area (Å²) in [5.74, 6) is 1.81. The zero-order chi connectivity index (χ0) is 65.0. The number of aromatic nitrogens is 1. The van der Waals surface area contributed by atoms with E-state index in [1.165, 1.54) is 0 Å². The number of aliphatic hydroxyl groups is 2. The smallest absolute Gasteiger partial charge is 0.141 e. The molecule has 0 radical (unpaired) electrons. The molecule has 0 amide bonds. The number of hydrogen-bond donors (Lipinski definition) is 4. The highest BCUT2D eigenvalue weighted by atomic mass is 16.3. The van der Waals surface area contributed by atoms with E-state index < -0.39 is 6.10 Å². The summed E-state index contributed by atoms with van der Waals surface area (Å²) in [5.41, 5.74) is 1.26. The van der Waals surface area contributed by atoms with Crippen molar-refractivity contribution in [1.82, 2.24) is 10.3 Å². The van der Waals surface area contributed by atoms with E-state index in [9.17, 15) is 39.3 Å². The lowest BCUT2D eigenvalue weighted by Crippen LogP contribution is -2.42. The predicted molar refractivity (Wildman–Crippen MR) is 347 cm³/mol. The quantitative estimate of drug-likeness (QED) is 0.0577. The molecule has 4 N–H and O–H groups in total. The van der Waals surface area contributed by atoms with Crippen LogP contribution in [0.5, 0.6) is 5.75 Å². The van der Waals surface area contributed by atoms with Gasteiger partial charge in [0.2, 0.25) is 0 Å². The van der Waals surface area contributed by atoms with Crippen LogP contribution < -0.4 is 5.32 Å². The number of quaternary nitrogens is 1. The fraction of sp³-hybridized carbons (Fsp3) is 0.743. The van der Waals surface area contributed by atoms with Gasteiger partial charge < -0.3 is 25.1 Å². The first-order chi connectivity index (χ1) is 36.4. The van der Waals surface area contributed by atoms with Gasteiger partial charge in [0.05, 0.1) is 33.4 Å². The van der Waals surface area contributed by atoms with Gasteiger partial charge in [0.25, 0.3) is 0 Å². The highest BCUT2D eigenvalue weighted by Crippen LogP contribution is 2.31. The minimum Gasteiger partial charge on any atom is -0.506 e. The van der Waals surface area contributed by atoms with Crippen molar-refractivity contribution in [2.45, 2.75) is 275 Å². The summed E-state index contributed by atoms with van der Waals surface area (Å²) in [6, 6.07) is 0. The summed E-state index contributed by atoms with van der Waals surface area (Å²) >= 11 is 0. The molecule has 1 atom stereocenters. The number of Topliss-reactive ketones (excluding diaryl/α,β-unsaturated/α-hetero) is 5. The zero-order valence-electron chi connectivity index (χ0n) is 58.0. The van der Waals surface area contributed by atoms with Gasteiger partial charge in [-0.25, -0.2) is 0 Å². The Morgan fingerprint density at radius 1 is 0.593 bits per heavy atom. The van der Waals surface area contributed by atoms with Gasteiger partial charge >= 0.3 is 0 Å². The third-order valence-corrected chi connectivity index (χ3v) is 12.1. The lowest BCUT2D eigenvalue weighted by atomic mass is 9.77. The van der Waals surface area contributed by atoms with E-state index in [1.807, 2.05) is 129 Å². The molecule has 11 heteroatoms. The molecule has 0 aromatic carbocycles. The molecule has 1 rings (SSSR count). The number of carbonyl (C=O) groups excluding carboxylic acids is 5. The number of allylic oxidation sites excluding steroid dienone is 8. The summed E-state index contributed by atoms with van der Waals surface area (Å²) in [5, 5.41) is 32.0. The number of aryl methyl sites for hydroxylation is 1. The van der Waals surface area contributed by atoms with E-state index in [2.05, 4.69) is 125 Å². The first-order valence-electron chi connectivity index (χ1n) is 30.2. The molecular weight excluding hydrogens is 1010 g/mol. The van der Waals surface area contributed by atoms with Crippen molar-refractivity contribution in [3.05, 3.63) is 71.6 Å². The Morgan fingerprint density at radius 2 is 1.00 bits per heavy atom. The van der Waals surface area contributed by atoms with Crippen molar-refractivity contribution >= 4 is 28.9 Å². The Balaban J connectivity index is -0.000000287. The lowest BCUT2D eigenvalue weighted by Gasteiger charge is -2.27. The SMILES string of the molecule is CC(C)(C)C(=O)CC(O)C[N+](C)(C)C.CC/C=C\CC(=O)C(C)(C)C.CC/C=C\CC(=O)CC(C)(C)C.CC/C=C\CC(C)(C)C(=O)C(C)C.CC/C=C\CC(C)(C)C(=O)CC(C)(C)C.Cc1ncc(CO)c(CNC(C)(C)C)c1O. The number of nitrogens with one attached hydrogen (secondary N) is 1. The fourth-order valence-electron chi connectivity index (χ4n) is 7.10. The summed E-state index contributed by atoms with van der Waals surface area (Å²) in [6.07, 6.45) is 26.2. The van der Waals surface area contributed by atoms with Crippen LogP contribution in [0.1, 0.15) is 261 Å². The summed E-state index contributed by atoms with van der Waals surface area (Å²) < 4.78 is 0.679. The summed E-state index contributed by atoms with van der Waals surface area (Å²) in [4.78, 5) is 61.9. The van der Waals surface area contributed by atoms with Crippen molar-refractivity contribution in [3.8, 4) is 5.75 Å². The Bertz CT molecular complexity index is 2050. The zero-order valence-corrected chi connectivity index (χ0v) is 58.0. The summed E-state index contributed by atoms with van der Waals surface area (Å²) in [7, 11) is 6.01. The number of pyridine rings is 1. The Kier molecular flexibility index (Phi) is 43.7. The minimum absolute atomic E-state index is 0.0314. The maximum absolute atomic E-state index is 12.0. The minimum atomic E-state index is -0.526. The van der Waals surface area contributed by atoms with Crippen molar-refractivity contribution in [1.29, 1.82) is 0 Å². The van der Waals surface area contributed by atoms with Gasteiger partial charge in [-0.15, -0.1) is 0 Å². The van der Waals surface area contributed by atoms with Crippen molar-refractivity contribution in [2.24, 2.45) is 38.4 Å². The molecular formula is C70H130N3O8+. The molecule has 0 aliphatic rings. The van der Waals surface area contributed by atoms with Gasteiger partial charge in [-0.2, -0.15) is 0 Å². The number of hydrogen-bond acceptors (Lipinski definition) is 10. The maximum atomic E-state index is 12.0. The number of nitrogens with zero attached hydrogens (tertiary/aromatic N) is 2. The van der Waals surface area contributed by atoms with Crippen LogP contribution in [0.25, 0.3) is 0 Å². The molecule has 0 saturated heterocycles. The monoisotopic (exact) mass is 1140 g/mol. The number of carbonyl (C=O) groups is 5. The standard InChI is InChI=1S/C14H26O.C12H20N2O2.C12H22O.C11H24NO2.C11H20O.C10H18O/c1-7-8-9-10-14(5,6)12(15)11-13(2,3)4;1-8-11(16)10(6-14-12(2,3)4)9(7-15)5-13-8;1-6-7-8-9-12(4,5)11(13)10(2)3;1-11(2,3)10(14)7-9(13)8-12(4,5)6;1-5-6-7-8-10(12)9-11(2,3)4;1-5-6-7-8-9(11)10(2,3)4/h8-9H,7,10-11H2,1-6H3;5,14-16H,6-7H2,1-4H3;7-8,10H,6,9H2,1-5H3;9,13H,7-8H2,1-6H3;6-7H,5,8-9H2,1-4H3;6-7H,5,8H2,1-4H3/q;;;+1;;/b9-8-;;8-7-;;2*7-6-. The number of ketones is 5. The number of rotatable bonds is 24. The second-order valence-electron chi connectivity index (χ2n) is 29.7. The normalized spacial score (nSPS) is 13.0. The molecule has 0 fully saturated rings. The van der Waals surface area contributed by atoms with Crippen molar-refractivity contribution in [3.63, 3.8) is 0 Å². The van der Waals surface area contributed by atoms with Gasteiger partial charge in [0, 0.05) is 89.1 Å². The molecule has 0 bridgehead atoms. The largest absolute Gasteiger partial charge is 0.506 e. The molecule has 0 aliphatic heterocycles. The Morgan fingerprint density at radius 3 is 1.36 bits per heavy atom. The molecule has 1 heterocycles. The second kappa shape index (κ2) is 41.2. The van der Waals surface area contributed by atoms with E-state index in [1.54, 1.807) is 13.1 Å². The first kappa shape index (κ1) is 85.9. The van der Waals surface area contributed by atoms with E-state index in [0.29, 0.717) is 77.6 Å². The van der Waals surface area contributed by atoms with Crippen LogP contribution in [0.4, 0.5) is 0 Å². The van der Waals surface area contributed by atoms with Crippen LogP contribution in [-0.2, 0) is 37.1 Å². The highest BCUT2D eigenvalue weighted by Gasteiger charge is 2.30. The predicted octanol–water partition coefficient (Wildman–Crippen LogP) is 16.8. The third-order valence-electron chi connectivity index (χ3n) is 12.1. The van der Waals surface area contributed by atoms with Crippen molar-refractivity contribution < 1.29 is 43.8 Å². The molecule has 472 valence electrons. The molecule has 1 unspecified atom stereocenters. The van der Waals surface area contributed by atoms with Gasteiger partial charge in [0.15, 0.2) is 0 Å². The molecule has 0 aliphatic carbocycles. The Hall–Kier alpha value is -3.90. The molecule has 0 spiro atoms. The Labute approximate surface area is 499 Å². The third kappa shape index (κ3) is 51.5. The first-order valence-corrected chi connectivity index (χ1v) is 30.2. The number of aromatic hydroxyl groups is 1. The molecule has 1 aromatic heterocycles. The summed E-state index contributed by atoms with van der Waals surface area (Å²) in [6.45, 7) is 53.5. The van der Waals surface area contributed by atoms with Crippen LogP contribution in [0, 0.1) is 45.3 Å². The van der Waals surface area contributed by atoms with Crippen LogP contribution in [0.2, 0.25) is 0 Å². The second-order valence-corrected chi connectivity index (χ2v) is 29.7. The maximum Gasteiger partial charge on any atom is 0.141 e. The van der Waals surface area contributed by atoms with E-state index in [0.717, 1.165) is 44.1 Å². The molecule has 81 heavy (non-hydrogen) atoms.